The summed E-state index contributed by atoms with van der Waals surface area (Å²) in [6.45, 7) is 0. The Bertz CT molecular complexity index is 278. The topological polar surface area (TPSA) is 113 Å². The number of hydroxylamine groups is 2. The fourth-order valence-electron chi connectivity index (χ4n) is 2.76. The summed E-state index contributed by atoms with van der Waals surface area (Å²) in [5, 5.41) is 16.3. The summed E-state index contributed by atoms with van der Waals surface area (Å²) in [6.07, 6.45) is 10.9. The van der Waals surface area contributed by atoms with E-state index in [1.54, 1.807) is 0 Å². The first kappa shape index (κ1) is 20.3. The van der Waals surface area contributed by atoms with Crippen molar-refractivity contribution in [2.75, 3.05) is 0 Å². The SMILES string of the molecule is N=[N+](OO)C1CCCCC1.N=[N+](OO)C1CCCCC1.[Zn]. The third-order valence-electron chi connectivity index (χ3n) is 3.99. The normalized spacial score (nSPS) is 19.5. The summed E-state index contributed by atoms with van der Waals surface area (Å²) >= 11 is 0. The predicted octanol–water partition coefficient (Wildman–Crippen LogP) is 3.53. The second kappa shape index (κ2) is 11.9. The first-order valence-electron chi connectivity index (χ1n) is 7.33. The molecular weight excluding hydrogens is 330 g/mol. The fourth-order valence-corrected chi connectivity index (χ4v) is 2.76. The van der Waals surface area contributed by atoms with Gasteiger partial charge in [0.05, 0.1) is 0 Å². The molecule has 0 aromatic carbocycles. The van der Waals surface area contributed by atoms with E-state index in [-0.39, 0.29) is 31.6 Å². The molecule has 0 bridgehead atoms. The zero-order valence-corrected chi connectivity index (χ0v) is 15.5. The van der Waals surface area contributed by atoms with Crippen LogP contribution >= 0.6 is 0 Å². The van der Waals surface area contributed by atoms with Crippen LogP contribution in [0.25, 0.3) is 0 Å². The van der Waals surface area contributed by atoms with Crippen molar-refractivity contribution in [3.63, 3.8) is 0 Å². The van der Waals surface area contributed by atoms with Crippen molar-refractivity contribution in [3.05, 3.63) is 0 Å². The van der Waals surface area contributed by atoms with Gasteiger partial charge in [-0.1, -0.05) is 22.8 Å². The molecule has 2 fully saturated rings. The van der Waals surface area contributed by atoms with Gasteiger partial charge in [-0.3, -0.25) is 0 Å². The fraction of sp³-hybridized carbons (Fsp3) is 1.00. The minimum absolute atomic E-state index is 0. The van der Waals surface area contributed by atoms with Gasteiger partial charge in [0.15, 0.2) is 0 Å². The van der Waals surface area contributed by atoms with Crippen LogP contribution in [0.1, 0.15) is 64.2 Å². The van der Waals surface area contributed by atoms with Gasteiger partial charge < -0.3 is 0 Å². The van der Waals surface area contributed by atoms with E-state index < -0.39 is 0 Å². The van der Waals surface area contributed by atoms with Gasteiger partial charge in [0, 0.05) is 45.2 Å². The van der Waals surface area contributed by atoms with Crippen molar-refractivity contribution in [2.45, 2.75) is 76.3 Å². The third kappa shape index (κ3) is 7.78. The van der Waals surface area contributed by atoms with Crippen molar-refractivity contribution >= 4 is 0 Å². The average Bonchev–Trinajstić information content (AvgIpc) is 2.55. The van der Waals surface area contributed by atoms with Gasteiger partial charge in [0.2, 0.25) is 12.1 Å². The molecule has 2 saturated carbocycles. The Morgan fingerprint density at radius 2 is 0.952 bits per heavy atom. The summed E-state index contributed by atoms with van der Waals surface area (Å²) in [4.78, 5) is 9.16. The van der Waals surface area contributed by atoms with Gasteiger partial charge >= 0.3 is 0 Å². The Hall–Kier alpha value is -0.657. The van der Waals surface area contributed by atoms with E-state index in [0.29, 0.717) is 0 Å². The van der Waals surface area contributed by atoms with Crippen LogP contribution in [0.2, 0.25) is 0 Å². The first-order chi connectivity index (χ1) is 9.69. The zero-order chi connectivity index (χ0) is 14.8. The number of nitrogens with one attached hydrogen (secondary N) is 2. The molecule has 0 heterocycles. The Balaban J connectivity index is 0.000000364. The summed E-state index contributed by atoms with van der Waals surface area (Å²) in [5.74, 6) is 0. The Kier molecular flexibility index (Phi) is 11.6. The Morgan fingerprint density at radius 1 is 0.667 bits per heavy atom. The van der Waals surface area contributed by atoms with Gasteiger partial charge in [-0.2, -0.15) is 0 Å². The van der Waals surface area contributed by atoms with E-state index in [9.17, 15) is 0 Å². The standard InChI is InChI=1S/2C6H12N2O2.Zn/c2*7-8(10-9)6-4-2-1-3-5-6;/h2*6-7H,1-5H2;/p+2. The van der Waals surface area contributed by atoms with Crippen molar-refractivity contribution in [1.82, 2.24) is 0 Å². The van der Waals surface area contributed by atoms with Crippen molar-refractivity contribution in [1.29, 1.82) is 11.1 Å². The van der Waals surface area contributed by atoms with Crippen molar-refractivity contribution in [3.8, 4) is 0 Å². The molecule has 0 aromatic rings. The smallest absolute Gasteiger partial charge is 0.141 e. The van der Waals surface area contributed by atoms with Gasteiger partial charge in [0.25, 0.3) is 0 Å². The molecule has 2 aliphatic rings. The molecule has 0 atom stereocenters. The maximum Gasteiger partial charge on any atom is 0.235 e. The minimum Gasteiger partial charge on any atom is -0.141 e. The molecule has 0 spiro atoms. The second-order valence-electron chi connectivity index (χ2n) is 5.40. The Labute approximate surface area is 137 Å². The van der Waals surface area contributed by atoms with Crippen LogP contribution in [-0.2, 0) is 29.5 Å². The van der Waals surface area contributed by atoms with Gasteiger partial charge in [-0.05, 0) is 36.7 Å². The maximum atomic E-state index is 8.13. The molecule has 118 valence electrons. The molecule has 8 nitrogen and oxygen atoms in total. The summed E-state index contributed by atoms with van der Waals surface area (Å²) in [5.41, 5.74) is 14.2. The van der Waals surface area contributed by atoms with Gasteiger partial charge in [-0.25, -0.2) is 0 Å². The molecule has 0 aliphatic heterocycles. The van der Waals surface area contributed by atoms with Crippen LogP contribution in [0.4, 0.5) is 0 Å². The minimum atomic E-state index is 0. The second-order valence-corrected chi connectivity index (χ2v) is 5.40. The molecule has 0 radical (unpaired) electrons. The van der Waals surface area contributed by atoms with Crippen molar-refractivity contribution in [2.24, 2.45) is 0 Å². The molecular formula is C12H26N4O4Zn+2. The zero-order valence-electron chi connectivity index (χ0n) is 12.5. The van der Waals surface area contributed by atoms with Crippen molar-refractivity contribution < 1.29 is 49.7 Å². The van der Waals surface area contributed by atoms with E-state index in [1.807, 2.05) is 0 Å². The Morgan fingerprint density at radius 3 is 1.19 bits per heavy atom. The van der Waals surface area contributed by atoms with E-state index in [2.05, 4.69) is 9.98 Å². The molecule has 9 heteroatoms. The van der Waals surface area contributed by atoms with Crippen LogP contribution in [-0.4, -0.2) is 32.3 Å². The van der Waals surface area contributed by atoms with Crippen LogP contribution in [0, 0.1) is 11.1 Å². The molecule has 2 aliphatic carbocycles. The first-order valence-corrected chi connectivity index (χ1v) is 7.33. The monoisotopic (exact) mass is 354 g/mol. The molecule has 0 amide bonds. The van der Waals surface area contributed by atoms with E-state index in [1.165, 1.54) is 12.8 Å². The van der Waals surface area contributed by atoms with E-state index in [0.717, 1.165) is 61.1 Å². The molecule has 2 rings (SSSR count). The largest absolute Gasteiger partial charge is 0.235 e. The number of hydrogen-bond donors (Lipinski definition) is 4. The van der Waals surface area contributed by atoms with E-state index >= 15 is 0 Å². The average molecular weight is 356 g/mol. The number of rotatable bonds is 4. The summed E-state index contributed by atoms with van der Waals surface area (Å²) < 4.78 is 0. The van der Waals surface area contributed by atoms with Gasteiger partial charge in [0.1, 0.15) is 9.72 Å². The molecule has 0 unspecified atom stereocenters. The van der Waals surface area contributed by atoms with Crippen LogP contribution in [0.5, 0.6) is 0 Å². The van der Waals surface area contributed by atoms with Gasteiger partial charge in [-0.15, -0.1) is 10.5 Å². The summed E-state index contributed by atoms with van der Waals surface area (Å²) in [7, 11) is 0. The molecule has 4 N–H and O–H groups in total. The summed E-state index contributed by atoms with van der Waals surface area (Å²) in [6, 6.07) is 0.192. The van der Waals surface area contributed by atoms with Crippen LogP contribution in [0.3, 0.4) is 0 Å². The quantitative estimate of drug-likeness (QED) is 0.203. The maximum absolute atomic E-state index is 8.13. The third-order valence-corrected chi connectivity index (χ3v) is 3.99. The molecule has 0 saturated heterocycles. The van der Waals surface area contributed by atoms with E-state index in [4.69, 9.17) is 21.6 Å². The molecule has 21 heavy (non-hydrogen) atoms. The van der Waals surface area contributed by atoms with Crippen LogP contribution in [0.15, 0.2) is 0 Å². The van der Waals surface area contributed by atoms with Crippen LogP contribution < -0.4 is 0 Å². The number of nitrogens with zero attached hydrogens (tertiary/aromatic N) is 2. The predicted molar refractivity (Wildman–Crippen MR) is 67.1 cm³/mol. The molecule has 0 aromatic heterocycles. The number of hydrogen-bond acceptors (Lipinski definition) is 6.